The van der Waals surface area contributed by atoms with Crippen LogP contribution in [0.25, 0.3) is 11.4 Å². The summed E-state index contributed by atoms with van der Waals surface area (Å²) in [7, 11) is 1.82. The molecule has 0 aliphatic carbocycles. The molecule has 12 nitrogen and oxygen atoms in total. The van der Waals surface area contributed by atoms with Gasteiger partial charge in [0.2, 0.25) is 11.6 Å². The lowest BCUT2D eigenvalue weighted by molar-refractivity contribution is -0.149. The molecule has 2 aromatic heterocycles. The van der Waals surface area contributed by atoms with E-state index >= 15 is 8.78 Å². The number of amidine groups is 1. The average Bonchev–Trinajstić information content (AvgIpc) is 3.42. The predicted octanol–water partition coefficient (Wildman–Crippen LogP) is 4.32. The molecule has 1 saturated heterocycles. The monoisotopic (exact) mass is 607 g/mol. The van der Waals surface area contributed by atoms with Gasteiger partial charge >= 0.3 is 5.97 Å². The van der Waals surface area contributed by atoms with Crippen LogP contribution in [-0.4, -0.2) is 73.2 Å². The van der Waals surface area contributed by atoms with E-state index in [0.29, 0.717) is 11.4 Å². The van der Waals surface area contributed by atoms with E-state index in [2.05, 4.69) is 9.97 Å². The molecule has 5 rings (SSSR count). The number of piperazine rings is 1. The number of nitrogens with one attached hydrogen (secondary N) is 1. The first kappa shape index (κ1) is 30.2. The lowest BCUT2D eigenvalue weighted by atomic mass is 10.0. The second-order valence-corrected chi connectivity index (χ2v) is 10.7. The molecule has 230 valence electrons. The molecule has 1 aliphatic rings. The Labute approximate surface area is 251 Å². The highest BCUT2D eigenvalue weighted by Crippen LogP contribution is 2.40. The number of pyridine rings is 1. The van der Waals surface area contributed by atoms with Crippen molar-refractivity contribution >= 4 is 17.5 Å². The lowest BCUT2D eigenvalue weighted by Gasteiger charge is -2.42. The topological polar surface area (TPSA) is 163 Å². The maximum Gasteiger partial charge on any atom is 0.323 e. The van der Waals surface area contributed by atoms with Crippen molar-refractivity contribution in [3.05, 3.63) is 72.1 Å². The number of imidazole rings is 1. The highest BCUT2D eigenvalue weighted by molar-refractivity contribution is 5.95. The summed E-state index contributed by atoms with van der Waals surface area (Å²) >= 11 is 0. The maximum atomic E-state index is 16.1. The van der Waals surface area contributed by atoms with Crippen molar-refractivity contribution in [1.29, 1.82) is 5.41 Å². The van der Waals surface area contributed by atoms with Gasteiger partial charge in [0.15, 0.2) is 11.5 Å². The van der Waals surface area contributed by atoms with Crippen LogP contribution in [0.1, 0.15) is 19.4 Å². The van der Waals surface area contributed by atoms with E-state index in [9.17, 15) is 15.0 Å². The van der Waals surface area contributed by atoms with Gasteiger partial charge in [0.05, 0.1) is 0 Å². The second kappa shape index (κ2) is 11.8. The van der Waals surface area contributed by atoms with Gasteiger partial charge in [-0.05, 0) is 44.2 Å². The molecule has 0 amide bonds. The van der Waals surface area contributed by atoms with Gasteiger partial charge in [0.1, 0.15) is 28.6 Å². The number of aromatic hydroxyl groups is 1. The number of carbonyl (C=O) groups is 1. The van der Waals surface area contributed by atoms with Gasteiger partial charge in [-0.25, -0.2) is 4.98 Å². The van der Waals surface area contributed by atoms with Gasteiger partial charge < -0.3 is 34.9 Å². The van der Waals surface area contributed by atoms with E-state index < -0.39 is 46.3 Å². The number of phenolic OH excluding ortho intramolecular Hbond substituents is 1. The predicted molar refractivity (Wildman–Crippen MR) is 158 cm³/mol. The third-order valence-electron chi connectivity index (χ3n) is 7.51. The highest BCUT2D eigenvalue weighted by atomic mass is 19.1. The van der Waals surface area contributed by atoms with Crippen molar-refractivity contribution < 1.29 is 33.3 Å². The quantitative estimate of drug-likeness (QED) is 0.159. The molecule has 0 spiro atoms. The number of phenols is 1. The van der Waals surface area contributed by atoms with E-state index in [1.54, 1.807) is 60.0 Å². The number of carboxylic acid groups (broad SMARTS) is 1. The summed E-state index contributed by atoms with van der Waals surface area (Å²) in [5, 5.41) is 27.7. The Hall–Kier alpha value is -5.24. The Morgan fingerprint density at radius 3 is 2.34 bits per heavy atom. The van der Waals surface area contributed by atoms with E-state index in [1.807, 2.05) is 7.05 Å². The first-order valence-electron chi connectivity index (χ1n) is 13.6. The van der Waals surface area contributed by atoms with Crippen molar-refractivity contribution in [3.8, 4) is 40.4 Å². The molecular weight excluding hydrogens is 576 g/mol. The molecule has 14 heteroatoms. The molecule has 44 heavy (non-hydrogen) atoms. The number of aromatic nitrogens is 3. The van der Waals surface area contributed by atoms with E-state index in [0.717, 1.165) is 0 Å². The molecule has 1 fully saturated rings. The van der Waals surface area contributed by atoms with Gasteiger partial charge in [-0.3, -0.25) is 15.1 Å². The van der Waals surface area contributed by atoms with Crippen LogP contribution in [-0.2, 0) is 11.8 Å². The number of hydrogen-bond acceptors (Lipinski definition) is 9. The van der Waals surface area contributed by atoms with Crippen LogP contribution in [0.3, 0.4) is 0 Å². The van der Waals surface area contributed by atoms with Crippen LogP contribution < -0.4 is 20.1 Å². The zero-order valence-corrected chi connectivity index (χ0v) is 24.2. The second-order valence-electron chi connectivity index (χ2n) is 10.7. The number of aliphatic carboxylic acids is 1. The summed E-state index contributed by atoms with van der Waals surface area (Å²) in [6.07, 6.45) is 3.40. The number of carboxylic acids is 1. The zero-order chi connectivity index (χ0) is 31.8. The Balaban J connectivity index is 1.55. The van der Waals surface area contributed by atoms with E-state index in [1.165, 1.54) is 23.1 Å². The zero-order valence-electron chi connectivity index (χ0n) is 24.2. The van der Waals surface area contributed by atoms with Crippen LogP contribution >= 0.6 is 0 Å². The van der Waals surface area contributed by atoms with Crippen LogP contribution in [0.15, 0.2) is 54.9 Å². The molecular formula is C30H31F2N7O5. The summed E-state index contributed by atoms with van der Waals surface area (Å²) in [5.74, 6) is -4.70. The number of anilines is 1. The van der Waals surface area contributed by atoms with Crippen LogP contribution in [0, 0.1) is 17.0 Å². The number of nitrogen functional groups attached to an aromatic ring is 1. The molecule has 0 atom stereocenters. The number of benzene rings is 2. The first-order chi connectivity index (χ1) is 20.9. The van der Waals surface area contributed by atoms with E-state index in [4.69, 9.17) is 20.6 Å². The minimum atomic E-state index is -1.18. The number of rotatable bonds is 9. The molecule has 0 bridgehead atoms. The van der Waals surface area contributed by atoms with Crippen molar-refractivity contribution in [3.63, 3.8) is 0 Å². The Kier molecular flexibility index (Phi) is 8.11. The lowest BCUT2D eigenvalue weighted by Crippen LogP contribution is -2.58. The minimum Gasteiger partial charge on any atom is -0.504 e. The van der Waals surface area contributed by atoms with Crippen molar-refractivity contribution in [2.45, 2.75) is 19.4 Å². The Morgan fingerprint density at radius 1 is 1.05 bits per heavy atom. The standard InChI is InChI=1S/C30H31F2N7O5/c1-30(2,29(41)42)39-13-11-38(12-14-39)24-22(31)27(43-19-6-4-5-18(15-19)26-35-9-10-37(26)3)36-28(23(24)32)44-21-16-17(25(33)34)7-8-20(21)40/h4-10,15-16,40H,11-14H2,1-3H3,(H3,33,34)(H,41,42). The van der Waals surface area contributed by atoms with Gasteiger partial charge in [-0.1, -0.05) is 12.1 Å². The maximum absolute atomic E-state index is 16.1. The highest BCUT2D eigenvalue weighted by Gasteiger charge is 2.38. The number of hydrogen-bond donors (Lipinski definition) is 4. The molecule has 5 N–H and O–H groups in total. The fourth-order valence-corrected chi connectivity index (χ4v) is 4.85. The molecule has 0 radical (unpaired) electrons. The largest absolute Gasteiger partial charge is 0.504 e. The summed E-state index contributed by atoms with van der Waals surface area (Å²) in [6, 6.07) is 10.5. The van der Waals surface area contributed by atoms with Crippen molar-refractivity contribution in [2.75, 3.05) is 31.1 Å². The first-order valence-corrected chi connectivity index (χ1v) is 13.6. The molecule has 4 aromatic rings. The third kappa shape index (κ3) is 5.83. The van der Waals surface area contributed by atoms with Crippen LogP contribution in [0.4, 0.5) is 14.5 Å². The normalized spacial score (nSPS) is 14.0. The fourth-order valence-electron chi connectivity index (χ4n) is 4.85. The molecule has 0 unspecified atom stereocenters. The molecule has 1 aliphatic heterocycles. The summed E-state index contributed by atoms with van der Waals surface area (Å²) < 4.78 is 45.5. The number of halogens is 2. The van der Waals surface area contributed by atoms with Crippen LogP contribution in [0.2, 0.25) is 0 Å². The van der Waals surface area contributed by atoms with Crippen molar-refractivity contribution in [2.24, 2.45) is 12.8 Å². The summed E-state index contributed by atoms with van der Waals surface area (Å²) in [5.41, 5.74) is 4.77. The number of nitrogens with zero attached hydrogens (tertiary/aromatic N) is 5. The van der Waals surface area contributed by atoms with E-state index in [-0.39, 0.29) is 49.1 Å². The molecule has 3 heterocycles. The summed E-state index contributed by atoms with van der Waals surface area (Å²) in [6.45, 7) is 3.73. The average molecular weight is 608 g/mol. The van der Waals surface area contributed by atoms with Gasteiger partial charge in [-0.15, -0.1) is 0 Å². The third-order valence-corrected chi connectivity index (χ3v) is 7.51. The number of ether oxygens (including phenoxy) is 2. The Bertz CT molecular complexity index is 1730. The van der Waals surface area contributed by atoms with Gasteiger partial charge in [0.25, 0.3) is 11.8 Å². The van der Waals surface area contributed by atoms with Gasteiger partial charge in [-0.2, -0.15) is 13.8 Å². The molecule has 0 saturated carbocycles. The van der Waals surface area contributed by atoms with Crippen LogP contribution in [0.5, 0.6) is 29.0 Å². The number of aryl methyl sites for hydroxylation is 1. The minimum absolute atomic E-state index is 0.0904. The van der Waals surface area contributed by atoms with Crippen molar-refractivity contribution in [1.82, 2.24) is 19.4 Å². The Morgan fingerprint density at radius 2 is 1.73 bits per heavy atom. The molecule has 2 aromatic carbocycles. The smallest absolute Gasteiger partial charge is 0.323 e. The summed E-state index contributed by atoms with van der Waals surface area (Å²) in [4.78, 5) is 23.2. The fraction of sp³-hybridized carbons (Fsp3) is 0.267. The SMILES string of the molecule is Cn1ccnc1-c1cccc(Oc2nc(Oc3cc(C(=N)N)ccc3O)c(F)c(N3CCN(C(C)(C)C(=O)O)CC3)c2F)c1. The van der Waals surface area contributed by atoms with Gasteiger partial charge in [0, 0.05) is 56.7 Å². The number of nitrogens with two attached hydrogens (primary N) is 1.